The Morgan fingerprint density at radius 2 is 1.76 bits per heavy atom. The van der Waals surface area contributed by atoms with Crippen molar-refractivity contribution in [1.82, 2.24) is 4.31 Å². The number of benzene rings is 2. The molecule has 1 amide bonds. The summed E-state index contributed by atoms with van der Waals surface area (Å²) in [5.74, 6) is -1.51. The van der Waals surface area contributed by atoms with Gasteiger partial charge in [-0.2, -0.15) is 0 Å². The molecule has 1 fully saturated rings. The number of piperidine rings is 1. The minimum atomic E-state index is -3.42. The van der Waals surface area contributed by atoms with Crippen molar-refractivity contribution in [2.24, 2.45) is 5.92 Å². The third-order valence-corrected chi connectivity index (χ3v) is 6.98. The van der Waals surface area contributed by atoms with E-state index in [-0.39, 0.29) is 23.1 Å². The van der Waals surface area contributed by atoms with Gasteiger partial charge in [-0.05, 0) is 49.1 Å². The van der Waals surface area contributed by atoms with E-state index in [1.165, 1.54) is 10.4 Å². The van der Waals surface area contributed by atoms with Crippen LogP contribution in [0.15, 0.2) is 48.5 Å². The molecule has 0 radical (unpaired) electrons. The summed E-state index contributed by atoms with van der Waals surface area (Å²) in [5.41, 5.74) is 2.04. The Bertz CT molecular complexity index is 997. The van der Waals surface area contributed by atoms with Crippen LogP contribution in [-0.2, 0) is 20.6 Å². The molecule has 8 heteroatoms. The minimum Gasteiger partial charge on any atom is -0.478 e. The lowest BCUT2D eigenvalue weighted by atomic mass is 9.97. The largest absolute Gasteiger partial charge is 0.478 e. The van der Waals surface area contributed by atoms with Gasteiger partial charge in [-0.1, -0.05) is 30.3 Å². The Morgan fingerprint density at radius 1 is 1.10 bits per heavy atom. The molecule has 2 N–H and O–H groups in total. The average molecular weight is 416 g/mol. The molecule has 2 aromatic rings. The van der Waals surface area contributed by atoms with Crippen molar-refractivity contribution in [3.8, 4) is 0 Å². The van der Waals surface area contributed by atoms with Gasteiger partial charge in [-0.25, -0.2) is 17.5 Å². The van der Waals surface area contributed by atoms with Crippen molar-refractivity contribution >= 4 is 27.6 Å². The molecule has 0 saturated carbocycles. The Kier molecular flexibility index (Phi) is 6.34. The first-order valence-electron chi connectivity index (χ1n) is 9.43. The number of amides is 1. The first-order valence-corrected chi connectivity index (χ1v) is 11.0. The summed E-state index contributed by atoms with van der Waals surface area (Å²) in [6, 6.07) is 13.7. The van der Waals surface area contributed by atoms with Gasteiger partial charge in [0, 0.05) is 24.7 Å². The maximum Gasteiger partial charge on any atom is 0.335 e. The molecular formula is C21H24N2O5S. The lowest BCUT2D eigenvalue weighted by molar-refractivity contribution is -0.120. The molecule has 1 heterocycles. The van der Waals surface area contributed by atoms with Crippen LogP contribution >= 0.6 is 0 Å². The summed E-state index contributed by atoms with van der Waals surface area (Å²) >= 11 is 0. The molecule has 2 aromatic carbocycles. The van der Waals surface area contributed by atoms with E-state index < -0.39 is 16.0 Å². The van der Waals surface area contributed by atoms with Gasteiger partial charge in [0.2, 0.25) is 15.9 Å². The van der Waals surface area contributed by atoms with Crippen LogP contribution in [0.5, 0.6) is 0 Å². The molecule has 154 valence electrons. The zero-order valence-electron chi connectivity index (χ0n) is 16.2. The number of carboxylic acid groups (broad SMARTS) is 1. The maximum absolute atomic E-state index is 12.6. The van der Waals surface area contributed by atoms with Gasteiger partial charge in [0.15, 0.2) is 0 Å². The third kappa shape index (κ3) is 5.21. The van der Waals surface area contributed by atoms with Crippen LogP contribution in [0.4, 0.5) is 5.69 Å². The average Bonchev–Trinajstić information content (AvgIpc) is 2.68. The monoisotopic (exact) mass is 416 g/mol. The van der Waals surface area contributed by atoms with E-state index in [0.717, 1.165) is 5.56 Å². The number of nitrogens with one attached hydrogen (secondary N) is 1. The van der Waals surface area contributed by atoms with E-state index in [0.29, 0.717) is 37.2 Å². The van der Waals surface area contributed by atoms with E-state index in [1.54, 1.807) is 31.2 Å². The lowest BCUT2D eigenvalue weighted by Gasteiger charge is -2.30. The Labute approximate surface area is 170 Å². The van der Waals surface area contributed by atoms with Gasteiger partial charge in [0.1, 0.15) is 0 Å². The fraction of sp³-hybridized carbons (Fsp3) is 0.333. The Morgan fingerprint density at radius 3 is 2.34 bits per heavy atom. The van der Waals surface area contributed by atoms with Crippen LogP contribution in [0, 0.1) is 12.8 Å². The van der Waals surface area contributed by atoms with Crippen LogP contribution in [0.3, 0.4) is 0 Å². The fourth-order valence-electron chi connectivity index (χ4n) is 3.50. The number of carbonyl (C=O) groups is 2. The Balaban J connectivity index is 1.57. The molecule has 0 unspecified atom stereocenters. The summed E-state index contributed by atoms with van der Waals surface area (Å²) in [7, 11) is -3.42. The van der Waals surface area contributed by atoms with Gasteiger partial charge in [0.05, 0.1) is 11.3 Å². The van der Waals surface area contributed by atoms with Crippen molar-refractivity contribution in [3.05, 3.63) is 65.2 Å². The van der Waals surface area contributed by atoms with Gasteiger partial charge >= 0.3 is 5.97 Å². The molecule has 29 heavy (non-hydrogen) atoms. The molecule has 0 aliphatic carbocycles. The highest BCUT2D eigenvalue weighted by atomic mass is 32.2. The van der Waals surface area contributed by atoms with Gasteiger partial charge in [-0.3, -0.25) is 4.79 Å². The first-order chi connectivity index (χ1) is 13.8. The van der Waals surface area contributed by atoms with E-state index in [1.807, 2.05) is 18.2 Å². The number of aromatic carboxylic acids is 1. The van der Waals surface area contributed by atoms with E-state index >= 15 is 0 Å². The number of carboxylic acids is 1. The summed E-state index contributed by atoms with van der Waals surface area (Å²) < 4.78 is 26.7. The number of anilines is 1. The number of hydrogen-bond acceptors (Lipinski definition) is 4. The second-order valence-electron chi connectivity index (χ2n) is 7.24. The molecule has 0 atom stereocenters. The van der Waals surface area contributed by atoms with Crippen LogP contribution in [0.2, 0.25) is 0 Å². The van der Waals surface area contributed by atoms with Crippen molar-refractivity contribution in [1.29, 1.82) is 0 Å². The van der Waals surface area contributed by atoms with E-state index in [9.17, 15) is 18.0 Å². The van der Waals surface area contributed by atoms with Gasteiger partial charge in [0.25, 0.3) is 0 Å². The topological polar surface area (TPSA) is 104 Å². The zero-order valence-corrected chi connectivity index (χ0v) is 17.0. The molecule has 0 bridgehead atoms. The first kappa shape index (κ1) is 21.0. The Hall–Kier alpha value is -2.71. The summed E-state index contributed by atoms with van der Waals surface area (Å²) in [4.78, 5) is 23.6. The molecule has 7 nitrogen and oxygen atoms in total. The summed E-state index contributed by atoms with van der Waals surface area (Å²) in [5, 5.41) is 11.9. The second-order valence-corrected chi connectivity index (χ2v) is 9.21. The molecule has 1 aliphatic rings. The number of nitrogens with zero attached hydrogens (tertiary/aromatic N) is 1. The quantitative estimate of drug-likeness (QED) is 0.754. The van der Waals surface area contributed by atoms with Crippen molar-refractivity contribution in [2.75, 3.05) is 18.4 Å². The highest BCUT2D eigenvalue weighted by molar-refractivity contribution is 7.88. The highest BCUT2D eigenvalue weighted by Gasteiger charge is 2.31. The number of hydrogen-bond donors (Lipinski definition) is 2. The van der Waals surface area contributed by atoms with Crippen LogP contribution in [-0.4, -0.2) is 42.8 Å². The molecule has 3 rings (SSSR count). The van der Waals surface area contributed by atoms with Gasteiger partial charge in [-0.15, -0.1) is 0 Å². The summed E-state index contributed by atoms with van der Waals surface area (Å²) in [6.45, 7) is 2.30. The van der Waals surface area contributed by atoms with Gasteiger partial charge < -0.3 is 10.4 Å². The predicted molar refractivity (Wildman–Crippen MR) is 110 cm³/mol. The lowest BCUT2D eigenvalue weighted by Crippen LogP contribution is -2.41. The molecule has 0 spiro atoms. The van der Waals surface area contributed by atoms with Crippen LogP contribution in [0.1, 0.15) is 34.3 Å². The van der Waals surface area contributed by atoms with E-state index in [2.05, 4.69) is 5.32 Å². The van der Waals surface area contributed by atoms with E-state index in [4.69, 9.17) is 5.11 Å². The number of aryl methyl sites for hydroxylation is 1. The number of rotatable bonds is 6. The van der Waals surface area contributed by atoms with Crippen LogP contribution < -0.4 is 5.32 Å². The van der Waals surface area contributed by atoms with Crippen molar-refractivity contribution < 1.29 is 23.1 Å². The van der Waals surface area contributed by atoms with Crippen molar-refractivity contribution in [2.45, 2.75) is 25.5 Å². The second kappa shape index (κ2) is 8.75. The van der Waals surface area contributed by atoms with Crippen LogP contribution in [0.25, 0.3) is 0 Å². The standard InChI is InChI=1S/C21H24N2O5S/c1-15-13-18(7-8-19(15)21(25)26)22-20(24)17-9-11-23(12-10-17)29(27,28)14-16-5-3-2-4-6-16/h2-8,13,17H,9-12,14H2,1H3,(H,22,24)(H,25,26). The molecular weight excluding hydrogens is 392 g/mol. The molecule has 0 aromatic heterocycles. The summed E-state index contributed by atoms with van der Waals surface area (Å²) in [6.07, 6.45) is 0.901. The zero-order chi connectivity index (χ0) is 21.0. The third-order valence-electron chi connectivity index (χ3n) is 5.13. The fourth-order valence-corrected chi connectivity index (χ4v) is 5.06. The predicted octanol–water partition coefficient (Wildman–Crippen LogP) is 2.87. The molecule has 1 aliphatic heterocycles. The SMILES string of the molecule is Cc1cc(NC(=O)C2CCN(S(=O)(=O)Cc3ccccc3)CC2)ccc1C(=O)O. The van der Waals surface area contributed by atoms with Crippen molar-refractivity contribution in [3.63, 3.8) is 0 Å². The smallest absolute Gasteiger partial charge is 0.335 e. The number of sulfonamides is 1. The number of carbonyl (C=O) groups excluding carboxylic acids is 1. The normalized spacial score (nSPS) is 15.8. The highest BCUT2D eigenvalue weighted by Crippen LogP contribution is 2.24. The molecule has 1 saturated heterocycles. The minimum absolute atomic E-state index is 0.0418. The maximum atomic E-state index is 12.6.